The van der Waals surface area contributed by atoms with Gasteiger partial charge in [0.2, 0.25) is 0 Å². The van der Waals surface area contributed by atoms with Gasteiger partial charge in [0.15, 0.2) is 0 Å². The molecule has 0 saturated carbocycles. The van der Waals surface area contributed by atoms with E-state index < -0.39 is 0 Å². The summed E-state index contributed by atoms with van der Waals surface area (Å²) in [5.74, 6) is 0.602. The summed E-state index contributed by atoms with van der Waals surface area (Å²) in [5.41, 5.74) is 6.40. The number of nitrogens with zero attached hydrogens (tertiary/aromatic N) is 1. The third-order valence-corrected chi connectivity index (χ3v) is 3.94. The van der Waals surface area contributed by atoms with E-state index in [1.165, 1.54) is 40.6 Å². The van der Waals surface area contributed by atoms with Gasteiger partial charge < -0.3 is 0 Å². The Kier molecular flexibility index (Phi) is 2.79. The Morgan fingerprint density at radius 2 is 2.06 bits per heavy atom. The van der Waals surface area contributed by atoms with E-state index in [-0.39, 0.29) is 0 Å². The third-order valence-electron chi connectivity index (χ3n) is 3.67. The van der Waals surface area contributed by atoms with Crippen LogP contribution >= 0.6 is 11.6 Å². The summed E-state index contributed by atoms with van der Waals surface area (Å²) < 4.78 is 0. The van der Waals surface area contributed by atoms with Gasteiger partial charge in [-0.3, -0.25) is 4.98 Å². The van der Waals surface area contributed by atoms with Crippen LogP contribution in [0.25, 0.3) is 10.9 Å². The van der Waals surface area contributed by atoms with Crippen molar-refractivity contribution in [2.45, 2.75) is 38.5 Å². The quantitative estimate of drug-likeness (QED) is 0.688. The molecule has 88 valence electrons. The number of aromatic nitrogens is 1. The Bertz CT molecular complexity index is 575. The molecule has 0 saturated heterocycles. The van der Waals surface area contributed by atoms with Crippen LogP contribution in [0, 0.1) is 6.92 Å². The molecule has 0 atom stereocenters. The lowest BCUT2D eigenvalue weighted by molar-refractivity contribution is 0.667. The highest BCUT2D eigenvalue weighted by Crippen LogP contribution is 2.30. The summed E-state index contributed by atoms with van der Waals surface area (Å²) in [5, 5.41) is 1.25. The van der Waals surface area contributed by atoms with Crippen molar-refractivity contribution in [1.82, 2.24) is 4.98 Å². The molecule has 0 spiro atoms. The number of alkyl halides is 1. The molecule has 0 N–H and O–H groups in total. The fourth-order valence-corrected chi connectivity index (χ4v) is 3.09. The van der Waals surface area contributed by atoms with Gasteiger partial charge >= 0.3 is 0 Å². The molecule has 0 aliphatic heterocycles. The van der Waals surface area contributed by atoms with E-state index in [0.29, 0.717) is 5.88 Å². The smallest absolute Gasteiger partial charge is 0.0708 e. The Morgan fingerprint density at radius 3 is 2.88 bits per heavy atom. The highest BCUT2D eigenvalue weighted by molar-refractivity contribution is 6.18. The van der Waals surface area contributed by atoms with Crippen LogP contribution in [0.15, 0.2) is 18.2 Å². The van der Waals surface area contributed by atoms with E-state index in [1.54, 1.807) is 0 Å². The van der Waals surface area contributed by atoms with Gasteiger partial charge in [-0.15, -0.1) is 11.6 Å². The van der Waals surface area contributed by atoms with Crippen molar-refractivity contribution in [1.29, 1.82) is 0 Å². The summed E-state index contributed by atoms with van der Waals surface area (Å²) in [6.07, 6.45) is 4.80. The molecular formula is C15H16ClN. The molecule has 1 aliphatic carbocycles. The average molecular weight is 246 g/mol. The first-order chi connectivity index (χ1) is 8.29. The molecule has 1 aromatic heterocycles. The minimum atomic E-state index is 0.602. The third kappa shape index (κ3) is 1.83. The largest absolute Gasteiger partial charge is 0.253 e. The van der Waals surface area contributed by atoms with Crippen LogP contribution in [-0.4, -0.2) is 4.98 Å². The van der Waals surface area contributed by atoms with Gasteiger partial charge in [0.05, 0.1) is 5.52 Å². The monoisotopic (exact) mass is 245 g/mol. The van der Waals surface area contributed by atoms with Gasteiger partial charge in [-0.1, -0.05) is 11.6 Å². The maximum Gasteiger partial charge on any atom is 0.0708 e. The Hall–Kier alpha value is -1.08. The lowest BCUT2D eigenvalue weighted by Gasteiger charge is -2.19. The zero-order chi connectivity index (χ0) is 11.8. The molecule has 2 aromatic rings. The zero-order valence-corrected chi connectivity index (χ0v) is 10.8. The van der Waals surface area contributed by atoms with E-state index in [9.17, 15) is 0 Å². The van der Waals surface area contributed by atoms with E-state index in [0.717, 1.165) is 18.4 Å². The maximum absolute atomic E-state index is 6.17. The van der Waals surface area contributed by atoms with Gasteiger partial charge in [-0.25, -0.2) is 0 Å². The van der Waals surface area contributed by atoms with Crippen molar-refractivity contribution >= 4 is 22.5 Å². The molecule has 0 amide bonds. The van der Waals surface area contributed by atoms with Crippen LogP contribution in [0.4, 0.5) is 0 Å². The standard InChI is InChI=1S/C15H16ClN/c1-10-6-7-15-12(8-10)13(9-16)11-4-2-3-5-14(11)17-15/h6-8H,2-5,9H2,1H3. The normalized spacial score (nSPS) is 14.9. The fraction of sp³-hybridized carbons (Fsp3) is 0.400. The molecule has 0 bridgehead atoms. The molecule has 1 heterocycles. The van der Waals surface area contributed by atoms with Crippen LogP contribution in [0.5, 0.6) is 0 Å². The first-order valence-electron chi connectivity index (χ1n) is 6.26. The van der Waals surface area contributed by atoms with Gasteiger partial charge in [-0.05, 0) is 55.9 Å². The van der Waals surface area contributed by atoms with Crippen molar-refractivity contribution in [3.63, 3.8) is 0 Å². The van der Waals surface area contributed by atoms with Crippen molar-refractivity contribution in [2.75, 3.05) is 0 Å². The summed E-state index contributed by atoms with van der Waals surface area (Å²) in [7, 11) is 0. The molecule has 2 heteroatoms. The Morgan fingerprint density at radius 1 is 1.24 bits per heavy atom. The summed E-state index contributed by atoms with van der Waals surface area (Å²) in [4.78, 5) is 4.81. The molecule has 3 rings (SSSR count). The lowest BCUT2D eigenvalue weighted by Crippen LogP contribution is -2.09. The number of hydrogen-bond acceptors (Lipinski definition) is 1. The Balaban J connectivity index is 2.35. The second kappa shape index (κ2) is 4.30. The lowest BCUT2D eigenvalue weighted by atomic mass is 9.90. The molecular weight excluding hydrogens is 230 g/mol. The second-order valence-corrected chi connectivity index (χ2v) is 5.14. The minimum Gasteiger partial charge on any atom is -0.253 e. The molecule has 1 aromatic carbocycles. The average Bonchev–Trinajstić information content (AvgIpc) is 2.36. The van der Waals surface area contributed by atoms with Crippen molar-refractivity contribution in [3.8, 4) is 0 Å². The van der Waals surface area contributed by atoms with E-state index in [2.05, 4.69) is 25.1 Å². The van der Waals surface area contributed by atoms with Crippen LogP contribution in [0.3, 0.4) is 0 Å². The van der Waals surface area contributed by atoms with E-state index >= 15 is 0 Å². The van der Waals surface area contributed by atoms with E-state index in [1.807, 2.05) is 0 Å². The predicted octanol–water partition coefficient (Wildman–Crippen LogP) is 4.16. The highest BCUT2D eigenvalue weighted by Gasteiger charge is 2.17. The van der Waals surface area contributed by atoms with Gasteiger partial charge in [0.1, 0.15) is 0 Å². The van der Waals surface area contributed by atoms with Gasteiger partial charge in [0.25, 0.3) is 0 Å². The van der Waals surface area contributed by atoms with Crippen LogP contribution in [0.1, 0.15) is 35.2 Å². The predicted molar refractivity (Wildman–Crippen MR) is 72.7 cm³/mol. The van der Waals surface area contributed by atoms with Crippen molar-refractivity contribution < 1.29 is 0 Å². The topological polar surface area (TPSA) is 12.9 Å². The fourth-order valence-electron chi connectivity index (χ4n) is 2.79. The molecule has 0 fully saturated rings. The molecule has 1 nitrogen and oxygen atoms in total. The summed E-state index contributed by atoms with van der Waals surface area (Å²) in [6.45, 7) is 2.12. The number of halogens is 1. The number of benzene rings is 1. The summed E-state index contributed by atoms with van der Waals surface area (Å²) in [6, 6.07) is 6.47. The van der Waals surface area contributed by atoms with Crippen LogP contribution in [0.2, 0.25) is 0 Å². The minimum absolute atomic E-state index is 0.602. The molecule has 0 radical (unpaired) electrons. The number of aryl methyl sites for hydroxylation is 2. The van der Waals surface area contributed by atoms with Crippen LogP contribution in [-0.2, 0) is 18.7 Å². The molecule has 0 unspecified atom stereocenters. The maximum atomic E-state index is 6.17. The summed E-state index contributed by atoms with van der Waals surface area (Å²) >= 11 is 6.17. The Labute approximate surface area is 107 Å². The first kappa shape index (κ1) is 11.0. The van der Waals surface area contributed by atoms with Crippen molar-refractivity contribution in [3.05, 3.63) is 40.6 Å². The van der Waals surface area contributed by atoms with Gasteiger partial charge in [-0.2, -0.15) is 0 Å². The SMILES string of the molecule is Cc1ccc2nc3c(c(CCl)c2c1)CCCC3. The number of hydrogen-bond donors (Lipinski definition) is 0. The van der Waals surface area contributed by atoms with Crippen LogP contribution < -0.4 is 0 Å². The van der Waals surface area contributed by atoms with Crippen molar-refractivity contribution in [2.24, 2.45) is 0 Å². The molecule has 1 aliphatic rings. The highest BCUT2D eigenvalue weighted by atomic mass is 35.5. The van der Waals surface area contributed by atoms with Gasteiger partial charge in [0, 0.05) is 17.0 Å². The number of fused-ring (bicyclic) bond motifs is 2. The first-order valence-corrected chi connectivity index (χ1v) is 6.80. The van der Waals surface area contributed by atoms with E-state index in [4.69, 9.17) is 16.6 Å². The zero-order valence-electron chi connectivity index (χ0n) is 10.1. The number of pyridine rings is 1. The second-order valence-electron chi connectivity index (χ2n) is 4.88. The molecule has 17 heavy (non-hydrogen) atoms. The number of rotatable bonds is 1.